The Kier molecular flexibility index (Phi) is 7.87. The number of aliphatic hydroxyl groups is 1. The van der Waals surface area contributed by atoms with Gasteiger partial charge in [-0.2, -0.15) is 0 Å². The van der Waals surface area contributed by atoms with E-state index in [0.717, 1.165) is 42.6 Å². The molecule has 4 aromatic heterocycles. The van der Waals surface area contributed by atoms with Crippen LogP contribution in [0.15, 0.2) is 24.3 Å². The molecule has 9 heteroatoms. The van der Waals surface area contributed by atoms with E-state index in [1.54, 1.807) is 11.3 Å². The summed E-state index contributed by atoms with van der Waals surface area (Å²) >= 11 is 2.19. The maximum atomic E-state index is 11.0. The van der Waals surface area contributed by atoms with Crippen molar-refractivity contribution in [3.05, 3.63) is 45.4 Å². The molecule has 2 aliphatic rings. The Labute approximate surface area is 206 Å². The zero-order valence-electron chi connectivity index (χ0n) is 18.8. The van der Waals surface area contributed by atoms with Gasteiger partial charge in [0.15, 0.2) is 6.29 Å². The van der Waals surface area contributed by atoms with E-state index in [-0.39, 0.29) is 6.61 Å². The molecule has 4 heterocycles. The molecule has 2 fully saturated rings. The summed E-state index contributed by atoms with van der Waals surface area (Å²) in [5.41, 5.74) is 1.91. The molecule has 0 bridgehead atoms. The second-order valence-corrected chi connectivity index (χ2v) is 11.6. The molecule has 0 amide bonds. The molecule has 0 aromatic carbocycles. The van der Waals surface area contributed by atoms with Gasteiger partial charge in [-0.05, 0) is 75.6 Å². The van der Waals surface area contributed by atoms with Gasteiger partial charge in [-0.1, -0.05) is 0 Å². The Balaban J connectivity index is 0.000000141. The number of aryl methyl sites for hydroxylation is 2. The number of aliphatic hydroxyl groups excluding tert-OH is 1. The average Bonchev–Trinajstić information content (AvgIpc) is 3.65. The average molecular weight is 528 g/mol. The molecule has 33 heavy (non-hydrogen) atoms. The SMILES string of the molecule is Cc1cc2cc(C=O)n(CC3CC3)c2s1.Cc1cc2cc(CO)n(CC3CC3)c2s1.[O]=[Mn]=[O]. The van der Waals surface area contributed by atoms with Gasteiger partial charge in [-0.3, -0.25) is 4.79 Å². The predicted molar refractivity (Wildman–Crippen MR) is 127 cm³/mol. The van der Waals surface area contributed by atoms with Gasteiger partial charge in [-0.15, -0.1) is 22.7 Å². The van der Waals surface area contributed by atoms with Crippen LogP contribution < -0.4 is 0 Å². The Bertz CT molecular complexity index is 1300. The van der Waals surface area contributed by atoms with Gasteiger partial charge in [0.1, 0.15) is 9.66 Å². The fourth-order valence-electron chi connectivity index (χ4n) is 4.15. The van der Waals surface area contributed by atoms with Crippen LogP contribution in [0.2, 0.25) is 0 Å². The second-order valence-electron chi connectivity index (χ2n) is 8.89. The summed E-state index contributed by atoms with van der Waals surface area (Å²) in [6.45, 7) is 6.54. The Hall–Kier alpha value is -1.77. The molecule has 0 unspecified atom stereocenters. The van der Waals surface area contributed by atoms with Gasteiger partial charge in [0.25, 0.3) is 0 Å². The molecule has 0 aliphatic heterocycles. The van der Waals surface area contributed by atoms with Crippen molar-refractivity contribution in [2.75, 3.05) is 0 Å². The quantitative estimate of drug-likeness (QED) is 0.250. The summed E-state index contributed by atoms with van der Waals surface area (Å²) in [5, 5.41) is 11.8. The zero-order valence-corrected chi connectivity index (χ0v) is 21.6. The fourth-order valence-corrected chi connectivity index (χ4v) is 6.19. The number of aromatic nitrogens is 2. The summed E-state index contributed by atoms with van der Waals surface area (Å²) in [7, 11) is 0. The predicted octanol–water partition coefficient (Wildman–Crippen LogP) is 5.91. The van der Waals surface area contributed by atoms with Gasteiger partial charge in [0.2, 0.25) is 0 Å². The summed E-state index contributed by atoms with van der Waals surface area (Å²) < 4.78 is 21.3. The molecular formula is C24H28MnN2O4S2. The normalized spacial score (nSPS) is 15.1. The zero-order chi connectivity index (χ0) is 23.5. The van der Waals surface area contributed by atoms with Crippen LogP contribution in [0.5, 0.6) is 0 Å². The first-order valence-corrected chi connectivity index (χ1v) is 13.7. The van der Waals surface area contributed by atoms with Crippen LogP contribution in [0.25, 0.3) is 20.4 Å². The molecule has 4 aromatic rings. The number of fused-ring (bicyclic) bond motifs is 2. The van der Waals surface area contributed by atoms with E-state index in [9.17, 15) is 9.90 Å². The van der Waals surface area contributed by atoms with Crippen LogP contribution in [0, 0.1) is 25.7 Å². The van der Waals surface area contributed by atoms with Crippen molar-refractivity contribution in [3.8, 4) is 0 Å². The molecule has 6 rings (SSSR count). The van der Waals surface area contributed by atoms with Gasteiger partial charge < -0.3 is 14.2 Å². The van der Waals surface area contributed by atoms with E-state index in [2.05, 4.69) is 41.2 Å². The van der Waals surface area contributed by atoms with E-state index in [0.29, 0.717) is 0 Å². The van der Waals surface area contributed by atoms with Crippen molar-refractivity contribution in [1.82, 2.24) is 9.13 Å². The number of carbonyl (C=O) groups is 1. The van der Waals surface area contributed by atoms with Crippen LogP contribution in [-0.4, -0.2) is 20.5 Å². The van der Waals surface area contributed by atoms with Gasteiger partial charge in [0.05, 0.1) is 12.3 Å². The van der Waals surface area contributed by atoms with Crippen molar-refractivity contribution < 1.29 is 32.4 Å². The Morgan fingerprint density at radius 1 is 0.909 bits per heavy atom. The molecular weight excluding hydrogens is 499 g/mol. The molecule has 1 N–H and O–H groups in total. The fraction of sp³-hybridized carbons (Fsp3) is 0.458. The van der Waals surface area contributed by atoms with E-state index >= 15 is 0 Å². The van der Waals surface area contributed by atoms with Crippen LogP contribution in [0.4, 0.5) is 0 Å². The van der Waals surface area contributed by atoms with Gasteiger partial charge >= 0.3 is 22.5 Å². The number of rotatable bonds is 6. The first-order valence-electron chi connectivity index (χ1n) is 11.1. The maximum absolute atomic E-state index is 11.0. The third-order valence-electron chi connectivity index (χ3n) is 6.06. The molecule has 6 nitrogen and oxygen atoms in total. The first-order chi connectivity index (χ1) is 16.0. The third-order valence-corrected chi connectivity index (χ3v) is 8.24. The molecule has 0 saturated heterocycles. The van der Waals surface area contributed by atoms with Crippen molar-refractivity contribution >= 4 is 49.4 Å². The second kappa shape index (κ2) is 10.7. The van der Waals surface area contributed by atoms with E-state index < -0.39 is 14.8 Å². The monoisotopic (exact) mass is 527 g/mol. The van der Waals surface area contributed by atoms with Gasteiger partial charge in [-0.25, -0.2) is 0 Å². The number of thiophene rings is 2. The minimum absolute atomic E-state index is 0.160. The molecule has 177 valence electrons. The number of aldehydes is 1. The molecule has 2 saturated carbocycles. The molecule has 0 radical (unpaired) electrons. The van der Waals surface area contributed by atoms with E-state index in [1.165, 1.54) is 55.9 Å². The van der Waals surface area contributed by atoms with E-state index in [1.807, 2.05) is 17.4 Å². The van der Waals surface area contributed by atoms with Crippen LogP contribution in [-0.2, 0) is 42.2 Å². The number of hydrogen-bond acceptors (Lipinski definition) is 6. The summed E-state index contributed by atoms with van der Waals surface area (Å²) in [5.74, 6) is 1.66. The van der Waals surface area contributed by atoms with Crippen LogP contribution >= 0.6 is 22.7 Å². The van der Waals surface area contributed by atoms with Crippen LogP contribution in [0.3, 0.4) is 0 Å². The Morgan fingerprint density at radius 3 is 1.88 bits per heavy atom. The van der Waals surface area contributed by atoms with Crippen molar-refractivity contribution in [3.63, 3.8) is 0 Å². The van der Waals surface area contributed by atoms with Crippen molar-refractivity contribution in [2.24, 2.45) is 11.8 Å². The number of nitrogens with zero attached hydrogens (tertiary/aromatic N) is 2. The topological polar surface area (TPSA) is 81.3 Å². The Morgan fingerprint density at radius 2 is 1.39 bits per heavy atom. The van der Waals surface area contributed by atoms with Crippen LogP contribution in [0.1, 0.15) is 51.6 Å². The standard InChI is InChI=1S/C12H15NOS.C12H13NOS.Mn.2O/c2*1-8-4-10-5-11(7-14)13(12(10)15-8)6-9-2-3-9;;;/h4-5,9,14H,2-3,6-7H2,1H3;4-5,7,9H,2-3,6H2,1H3;;;. The summed E-state index contributed by atoms with van der Waals surface area (Å²) in [6.07, 6.45) is 6.33. The molecule has 0 spiro atoms. The third kappa shape index (κ3) is 5.84. The number of carbonyl (C=O) groups excluding carboxylic acids is 1. The van der Waals surface area contributed by atoms with E-state index in [4.69, 9.17) is 7.67 Å². The number of hydrogen-bond donors (Lipinski definition) is 1. The first kappa shape index (κ1) is 24.4. The minimum atomic E-state index is -1.44. The molecule has 2 aliphatic carbocycles. The molecule has 0 atom stereocenters. The van der Waals surface area contributed by atoms with Crippen molar-refractivity contribution in [1.29, 1.82) is 0 Å². The van der Waals surface area contributed by atoms with Crippen molar-refractivity contribution in [2.45, 2.75) is 59.2 Å². The summed E-state index contributed by atoms with van der Waals surface area (Å²) in [4.78, 5) is 16.2. The van der Waals surface area contributed by atoms with Gasteiger partial charge in [0, 0.05) is 39.3 Å². The summed E-state index contributed by atoms with van der Waals surface area (Å²) in [6, 6.07) is 8.51.